The lowest BCUT2D eigenvalue weighted by atomic mass is 10.1. The van der Waals surface area contributed by atoms with Gasteiger partial charge in [-0.2, -0.15) is 0 Å². The van der Waals surface area contributed by atoms with Crippen molar-refractivity contribution in [3.8, 4) is 0 Å². The Morgan fingerprint density at radius 3 is 2.43 bits per heavy atom. The Morgan fingerprint density at radius 1 is 1.19 bits per heavy atom. The SMILES string of the molecule is CCCCN(Cc1ccc(CNC(C)(C)C)s1)C(C)CC. The van der Waals surface area contributed by atoms with Gasteiger partial charge in [0.15, 0.2) is 0 Å². The number of hydrogen-bond donors (Lipinski definition) is 1. The van der Waals surface area contributed by atoms with Gasteiger partial charge in [0.2, 0.25) is 0 Å². The molecule has 1 aromatic heterocycles. The smallest absolute Gasteiger partial charge is 0.0330 e. The third-order valence-electron chi connectivity index (χ3n) is 3.88. The van der Waals surface area contributed by atoms with Crippen LogP contribution in [0.25, 0.3) is 0 Å². The molecule has 1 rings (SSSR count). The van der Waals surface area contributed by atoms with Crippen molar-refractivity contribution in [2.75, 3.05) is 6.54 Å². The Hall–Kier alpha value is -0.380. The molecule has 2 nitrogen and oxygen atoms in total. The molecule has 0 aliphatic heterocycles. The van der Waals surface area contributed by atoms with Gasteiger partial charge in [-0.3, -0.25) is 4.90 Å². The zero-order valence-electron chi connectivity index (χ0n) is 14.8. The first-order valence-electron chi connectivity index (χ1n) is 8.42. The van der Waals surface area contributed by atoms with Crippen LogP contribution in [0.2, 0.25) is 0 Å². The minimum absolute atomic E-state index is 0.189. The molecule has 1 N–H and O–H groups in total. The number of nitrogens with zero attached hydrogens (tertiary/aromatic N) is 1. The van der Waals surface area contributed by atoms with E-state index in [1.165, 1.54) is 35.6 Å². The molecule has 0 spiro atoms. The highest BCUT2D eigenvalue weighted by atomic mass is 32.1. The second kappa shape index (κ2) is 8.92. The van der Waals surface area contributed by atoms with E-state index in [1.54, 1.807) is 0 Å². The minimum Gasteiger partial charge on any atom is -0.307 e. The van der Waals surface area contributed by atoms with Crippen molar-refractivity contribution in [1.29, 1.82) is 0 Å². The summed E-state index contributed by atoms with van der Waals surface area (Å²) in [4.78, 5) is 5.58. The Kier molecular flexibility index (Phi) is 7.93. The third kappa shape index (κ3) is 7.44. The van der Waals surface area contributed by atoms with Crippen molar-refractivity contribution in [3.05, 3.63) is 21.9 Å². The monoisotopic (exact) mass is 310 g/mol. The fraction of sp³-hybridized carbons (Fsp3) is 0.778. The lowest BCUT2D eigenvalue weighted by Crippen LogP contribution is -2.34. The molecule has 0 saturated carbocycles. The van der Waals surface area contributed by atoms with Crippen molar-refractivity contribution in [1.82, 2.24) is 10.2 Å². The second-order valence-corrected chi connectivity index (χ2v) is 8.31. The van der Waals surface area contributed by atoms with Crippen molar-refractivity contribution >= 4 is 11.3 Å². The molecular formula is C18H34N2S. The van der Waals surface area contributed by atoms with Crippen LogP contribution in [-0.4, -0.2) is 23.0 Å². The molecule has 1 heterocycles. The summed E-state index contributed by atoms with van der Waals surface area (Å²) in [5.74, 6) is 0. The average molecular weight is 311 g/mol. The van der Waals surface area contributed by atoms with Gasteiger partial charge in [-0.1, -0.05) is 20.3 Å². The van der Waals surface area contributed by atoms with Crippen LogP contribution in [-0.2, 0) is 13.1 Å². The van der Waals surface area contributed by atoms with E-state index < -0.39 is 0 Å². The summed E-state index contributed by atoms with van der Waals surface area (Å²) in [6.45, 7) is 16.9. The van der Waals surface area contributed by atoms with E-state index in [4.69, 9.17) is 0 Å². The Bertz CT molecular complexity index is 392. The van der Waals surface area contributed by atoms with Gasteiger partial charge in [0, 0.05) is 34.4 Å². The Labute approximate surface area is 135 Å². The van der Waals surface area contributed by atoms with Gasteiger partial charge in [0.1, 0.15) is 0 Å². The van der Waals surface area contributed by atoms with E-state index in [0.717, 1.165) is 13.1 Å². The molecule has 0 aliphatic carbocycles. The van der Waals surface area contributed by atoms with Gasteiger partial charge in [0.25, 0.3) is 0 Å². The number of rotatable bonds is 9. The van der Waals surface area contributed by atoms with Crippen LogP contribution in [0, 0.1) is 0 Å². The molecule has 0 aliphatic rings. The van der Waals surface area contributed by atoms with Crippen LogP contribution in [0.5, 0.6) is 0 Å². The second-order valence-electron chi connectivity index (χ2n) is 7.05. The van der Waals surface area contributed by atoms with Crippen LogP contribution in [0.15, 0.2) is 12.1 Å². The van der Waals surface area contributed by atoms with E-state index in [0.29, 0.717) is 6.04 Å². The molecule has 0 aromatic carbocycles. The predicted octanol–water partition coefficient (Wildman–Crippen LogP) is 5.04. The van der Waals surface area contributed by atoms with Crippen LogP contribution in [0.3, 0.4) is 0 Å². The quantitative estimate of drug-likeness (QED) is 0.687. The molecule has 0 bridgehead atoms. The lowest BCUT2D eigenvalue weighted by molar-refractivity contribution is 0.194. The van der Waals surface area contributed by atoms with Crippen molar-refractivity contribution in [3.63, 3.8) is 0 Å². The molecule has 3 heteroatoms. The maximum Gasteiger partial charge on any atom is 0.0330 e. The van der Waals surface area contributed by atoms with E-state index in [9.17, 15) is 0 Å². The van der Waals surface area contributed by atoms with Crippen molar-refractivity contribution in [2.24, 2.45) is 0 Å². The Balaban J connectivity index is 2.57. The lowest BCUT2D eigenvalue weighted by Gasteiger charge is -2.27. The Morgan fingerprint density at radius 2 is 1.86 bits per heavy atom. The van der Waals surface area contributed by atoms with Crippen LogP contribution in [0.1, 0.15) is 70.6 Å². The van der Waals surface area contributed by atoms with Gasteiger partial charge >= 0.3 is 0 Å². The summed E-state index contributed by atoms with van der Waals surface area (Å²) in [6, 6.07) is 5.27. The van der Waals surface area contributed by atoms with Crippen molar-refractivity contribution < 1.29 is 0 Å². The van der Waals surface area contributed by atoms with Crippen molar-refractivity contribution in [2.45, 2.75) is 85.5 Å². The number of hydrogen-bond acceptors (Lipinski definition) is 3. The molecule has 0 radical (unpaired) electrons. The highest BCUT2D eigenvalue weighted by Gasteiger charge is 2.14. The largest absolute Gasteiger partial charge is 0.307 e. The van der Waals surface area contributed by atoms with Gasteiger partial charge in [-0.15, -0.1) is 11.3 Å². The summed E-state index contributed by atoms with van der Waals surface area (Å²) >= 11 is 1.96. The van der Waals surface area contributed by atoms with Crippen LogP contribution in [0.4, 0.5) is 0 Å². The summed E-state index contributed by atoms with van der Waals surface area (Å²) < 4.78 is 0. The molecule has 1 unspecified atom stereocenters. The number of thiophene rings is 1. The highest BCUT2D eigenvalue weighted by Crippen LogP contribution is 2.21. The summed E-state index contributed by atoms with van der Waals surface area (Å²) in [5, 5.41) is 3.57. The zero-order valence-corrected chi connectivity index (χ0v) is 15.6. The normalized spacial score (nSPS) is 13.9. The molecule has 1 atom stereocenters. The maximum absolute atomic E-state index is 3.57. The zero-order chi connectivity index (χ0) is 15.9. The average Bonchev–Trinajstić information content (AvgIpc) is 2.87. The predicted molar refractivity (Wildman–Crippen MR) is 96.0 cm³/mol. The highest BCUT2D eigenvalue weighted by molar-refractivity contribution is 7.11. The van der Waals surface area contributed by atoms with Crippen LogP contribution < -0.4 is 5.32 Å². The van der Waals surface area contributed by atoms with E-state index >= 15 is 0 Å². The van der Waals surface area contributed by atoms with E-state index in [2.05, 4.69) is 63.9 Å². The summed E-state index contributed by atoms with van der Waals surface area (Å²) in [7, 11) is 0. The molecule has 1 aromatic rings. The molecule has 122 valence electrons. The minimum atomic E-state index is 0.189. The first-order chi connectivity index (χ1) is 9.85. The van der Waals surface area contributed by atoms with Crippen LogP contribution >= 0.6 is 11.3 Å². The molecule has 0 amide bonds. The van der Waals surface area contributed by atoms with E-state index in [1.807, 2.05) is 11.3 Å². The number of unbranched alkanes of at least 4 members (excludes halogenated alkanes) is 1. The van der Waals surface area contributed by atoms with Gasteiger partial charge < -0.3 is 5.32 Å². The van der Waals surface area contributed by atoms with E-state index in [-0.39, 0.29) is 5.54 Å². The molecule has 0 saturated heterocycles. The first kappa shape index (κ1) is 18.7. The fourth-order valence-corrected chi connectivity index (χ4v) is 3.21. The van der Waals surface area contributed by atoms with Gasteiger partial charge in [0.05, 0.1) is 0 Å². The fourth-order valence-electron chi connectivity index (χ4n) is 2.23. The number of nitrogens with one attached hydrogen (secondary N) is 1. The summed E-state index contributed by atoms with van der Waals surface area (Å²) in [5.41, 5.74) is 0.189. The van der Waals surface area contributed by atoms with Gasteiger partial charge in [-0.25, -0.2) is 0 Å². The first-order valence-corrected chi connectivity index (χ1v) is 9.24. The standard InChI is InChI=1S/C18H34N2S/c1-7-9-12-20(15(3)8-2)14-17-11-10-16(21-17)13-19-18(4,5)6/h10-11,15,19H,7-9,12-14H2,1-6H3. The van der Waals surface area contributed by atoms with Gasteiger partial charge in [-0.05, 0) is 59.2 Å². The summed E-state index contributed by atoms with van der Waals surface area (Å²) in [6.07, 6.45) is 3.81. The topological polar surface area (TPSA) is 15.3 Å². The molecule has 21 heavy (non-hydrogen) atoms. The molecular weight excluding hydrogens is 276 g/mol. The molecule has 0 fully saturated rings. The maximum atomic E-state index is 3.57. The third-order valence-corrected chi connectivity index (χ3v) is 4.95.